The van der Waals surface area contributed by atoms with Crippen LogP contribution < -0.4 is 10.6 Å². The first kappa shape index (κ1) is 22.6. The molecule has 1 aromatic carbocycles. The van der Waals surface area contributed by atoms with E-state index in [4.69, 9.17) is 4.74 Å². The zero-order valence-corrected chi connectivity index (χ0v) is 16.8. The lowest BCUT2D eigenvalue weighted by molar-refractivity contribution is -0.127. The lowest BCUT2D eigenvalue weighted by Crippen LogP contribution is -2.40. The maximum atomic E-state index is 13.0. The molecule has 0 saturated heterocycles. The number of likely N-dealkylation sites (N-methyl/N-ethyl adjacent to an activating group) is 1. The molecule has 0 bridgehead atoms. The predicted octanol–water partition coefficient (Wildman–Crippen LogP) is 1.77. The third kappa shape index (κ3) is 7.91. The molecule has 0 radical (unpaired) electrons. The van der Waals surface area contributed by atoms with Gasteiger partial charge in [0, 0.05) is 34.3 Å². The fraction of sp³-hybridized carbons (Fsp3) is 0.500. The highest BCUT2D eigenvalue weighted by molar-refractivity contribution is 14.0. The minimum absolute atomic E-state index is 0. The van der Waals surface area contributed by atoms with Crippen molar-refractivity contribution in [2.24, 2.45) is 4.99 Å². The molecule has 0 spiro atoms. The molecule has 1 rings (SSSR count). The Balaban J connectivity index is 0.00000529. The van der Waals surface area contributed by atoms with Crippen molar-refractivity contribution < 1.29 is 13.9 Å². The number of nitrogens with zero attached hydrogens (tertiary/aromatic N) is 2. The topological polar surface area (TPSA) is 66.0 Å². The summed E-state index contributed by atoms with van der Waals surface area (Å²) in [7, 11) is 4.97. The monoisotopic (exact) mass is 452 g/mol. The van der Waals surface area contributed by atoms with Crippen molar-refractivity contribution in [1.82, 2.24) is 15.5 Å². The van der Waals surface area contributed by atoms with E-state index in [9.17, 15) is 9.18 Å². The Labute approximate surface area is 159 Å². The first-order chi connectivity index (χ1) is 11.0. The Bertz CT molecular complexity index is 523. The Kier molecular flexibility index (Phi) is 11.3. The van der Waals surface area contributed by atoms with Crippen molar-refractivity contribution in [1.29, 1.82) is 0 Å². The highest BCUT2D eigenvalue weighted by Crippen LogP contribution is 2.15. The molecule has 8 heteroatoms. The van der Waals surface area contributed by atoms with Gasteiger partial charge in [-0.1, -0.05) is 12.1 Å². The van der Waals surface area contributed by atoms with Gasteiger partial charge in [0.25, 0.3) is 0 Å². The fourth-order valence-electron chi connectivity index (χ4n) is 1.83. The van der Waals surface area contributed by atoms with E-state index in [1.54, 1.807) is 33.3 Å². The first-order valence-corrected chi connectivity index (χ1v) is 7.48. The van der Waals surface area contributed by atoms with Gasteiger partial charge < -0.3 is 20.3 Å². The molecule has 136 valence electrons. The van der Waals surface area contributed by atoms with Gasteiger partial charge in [-0.05, 0) is 24.6 Å². The molecule has 6 nitrogen and oxygen atoms in total. The van der Waals surface area contributed by atoms with Gasteiger partial charge >= 0.3 is 0 Å². The largest absolute Gasteiger partial charge is 0.375 e. The minimum atomic E-state index is -0.284. The Hall–Kier alpha value is -1.42. The molecule has 0 aromatic heterocycles. The van der Waals surface area contributed by atoms with Crippen LogP contribution in [0.1, 0.15) is 18.6 Å². The van der Waals surface area contributed by atoms with E-state index in [2.05, 4.69) is 15.6 Å². The molecule has 0 heterocycles. The molecule has 0 aliphatic rings. The second-order valence-corrected chi connectivity index (χ2v) is 5.14. The van der Waals surface area contributed by atoms with Crippen molar-refractivity contribution in [3.8, 4) is 0 Å². The molecule has 1 unspecified atom stereocenters. The summed E-state index contributed by atoms with van der Waals surface area (Å²) in [6.45, 7) is 3.13. The highest BCUT2D eigenvalue weighted by atomic mass is 127. The number of carbonyl (C=O) groups is 1. The average molecular weight is 452 g/mol. The van der Waals surface area contributed by atoms with Gasteiger partial charge in [0.05, 0.1) is 6.10 Å². The van der Waals surface area contributed by atoms with E-state index in [-0.39, 0.29) is 48.3 Å². The third-order valence-corrected chi connectivity index (χ3v) is 3.20. The Morgan fingerprint density at radius 2 is 1.92 bits per heavy atom. The van der Waals surface area contributed by atoms with Crippen LogP contribution >= 0.6 is 24.0 Å². The number of ether oxygens (including phenoxy) is 1. The summed E-state index contributed by atoms with van der Waals surface area (Å²) in [6, 6.07) is 6.17. The van der Waals surface area contributed by atoms with E-state index in [0.29, 0.717) is 19.0 Å². The summed E-state index contributed by atoms with van der Waals surface area (Å²) in [5.74, 6) is 0.171. The van der Waals surface area contributed by atoms with Gasteiger partial charge in [-0.2, -0.15) is 0 Å². The van der Waals surface area contributed by atoms with Crippen LogP contribution in [0.5, 0.6) is 0 Å². The number of guanidine groups is 1. The molecule has 2 N–H and O–H groups in total. The summed E-state index contributed by atoms with van der Waals surface area (Å²) in [4.78, 5) is 17.3. The number of aliphatic imine (C=N–C) groups is 1. The number of halogens is 2. The molecule has 1 atom stereocenters. The van der Waals surface area contributed by atoms with Crippen LogP contribution in [-0.4, -0.2) is 57.6 Å². The molecule has 0 saturated carbocycles. The van der Waals surface area contributed by atoms with Gasteiger partial charge in [-0.15, -0.1) is 24.0 Å². The molecule has 0 fully saturated rings. The van der Waals surface area contributed by atoms with Crippen LogP contribution in [-0.2, 0) is 9.53 Å². The van der Waals surface area contributed by atoms with Crippen molar-refractivity contribution in [2.75, 3.05) is 40.8 Å². The first-order valence-electron chi connectivity index (χ1n) is 7.48. The number of rotatable bonds is 7. The Morgan fingerprint density at radius 3 is 2.42 bits per heavy atom. The summed E-state index contributed by atoms with van der Waals surface area (Å²) in [5.41, 5.74) is 0.863. The number of benzene rings is 1. The lowest BCUT2D eigenvalue weighted by Gasteiger charge is -2.19. The van der Waals surface area contributed by atoms with Crippen LogP contribution in [0, 0.1) is 5.82 Å². The van der Waals surface area contributed by atoms with Gasteiger partial charge in [0.2, 0.25) is 5.91 Å². The molecular weight excluding hydrogens is 426 g/mol. The number of hydrogen-bond donors (Lipinski definition) is 2. The number of carbonyl (C=O) groups excluding carboxylic acids is 1. The van der Waals surface area contributed by atoms with Crippen LogP contribution in [0.4, 0.5) is 4.39 Å². The predicted molar refractivity (Wildman–Crippen MR) is 104 cm³/mol. The van der Waals surface area contributed by atoms with Gasteiger partial charge in [0.15, 0.2) is 5.96 Å². The average Bonchev–Trinajstić information content (AvgIpc) is 2.54. The maximum absolute atomic E-state index is 13.0. The molecule has 1 amide bonds. The van der Waals surface area contributed by atoms with E-state index in [1.807, 2.05) is 6.92 Å². The molecular formula is C16H26FIN4O2. The summed E-state index contributed by atoms with van der Waals surface area (Å²) in [6.07, 6.45) is -0.246. The van der Waals surface area contributed by atoms with E-state index < -0.39 is 0 Å². The van der Waals surface area contributed by atoms with Crippen LogP contribution in [0.25, 0.3) is 0 Å². The lowest BCUT2D eigenvalue weighted by atomic mass is 10.1. The zero-order valence-electron chi connectivity index (χ0n) is 14.5. The van der Waals surface area contributed by atoms with Gasteiger partial charge in [0.1, 0.15) is 12.4 Å². The quantitative estimate of drug-likeness (QED) is 0.376. The SMILES string of the molecule is CCNC(=NCC(=O)N(C)C)NCC(OC)c1ccc(F)cc1.I. The highest BCUT2D eigenvalue weighted by Gasteiger charge is 2.12. The summed E-state index contributed by atoms with van der Waals surface area (Å²) in [5, 5.41) is 6.20. The molecule has 1 aromatic rings. The third-order valence-electron chi connectivity index (χ3n) is 3.20. The van der Waals surface area contributed by atoms with Crippen molar-refractivity contribution in [3.63, 3.8) is 0 Å². The number of methoxy groups -OCH3 is 1. The van der Waals surface area contributed by atoms with Crippen LogP contribution in [0.15, 0.2) is 29.3 Å². The number of hydrogen-bond acceptors (Lipinski definition) is 3. The number of amides is 1. The smallest absolute Gasteiger partial charge is 0.243 e. The molecule has 24 heavy (non-hydrogen) atoms. The van der Waals surface area contributed by atoms with E-state index in [0.717, 1.165) is 5.56 Å². The normalized spacial score (nSPS) is 12.1. The molecule has 0 aliphatic carbocycles. The summed E-state index contributed by atoms with van der Waals surface area (Å²) >= 11 is 0. The van der Waals surface area contributed by atoms with Crippen molar-refractivity contribution in [3.05, 3.63) is 35.6 Å². The second kappa shape index (κ2) is 12.0. The van der Waals surface area contributed by atoms with E-state index in [1.165, 1.54) is 17.0 Å². The molecule has 0 aliphatic heterocycles. The number of nitrogens with one attached hydrogen (secondary N) is 2. The fourth-order valence-corrected chi connectivity index (χ4v) is 1.83. The maximum Gasteiger partial charge on any atom is 0.243 e. The minimum Gasteiger partial charge on any atom is -0.375 e. The summed E-state index contributed by atoms with van der Waals surface area (Å²) < 4.78 is 18.4. The van der Waals surface area contributed by atoms with Crippen LogP contribution in [0.2, 0.25) is 0 Å². The van der Waals surface area contributed by atoms with Crippen molar-refractivity contribution >= 4 is 35.8 Å². The van der Waals surface area contributed by atoms with Crippen LogP contribution in [0.3, 0.4) is 0 Å². The van der Waals surface area contributed by atoms with Crippen molar-refractivity contribution in [2.45, 2.75) is 13.0 Å². The van der Waals surface area contributed by atoms with Gasteiger partial charge in [-0.3, -0.25) is 4.79 Å². The van der Waals surface area contributed by atoms with E-state index >= 15 is 0 Å². The second-order valence-electron chi connectivity index (χ2n) is 5.14. The standard InChI is InChI=1S/C16H25FN4O2.HI/c1-5-18-16(20-11-15(22)21(2)3)19-10-14(23-4)12-6-8-13(17)9-7-12;/h6-9,14H,5,10-11H2,1-4H3,(H2,18,19,20);1H. The van der Waals surface area contributed by atoms with Gasteiger partial charge in [-0.25, -0.2) is 9.38 Å². The zero-order chi connectivity index (χ0) is 17.2. The Morgan fingerprint density at radius 1 is 1.29 bits per heavy atom.